The molecule has 11 heteroatoms. The summed E-state index contributed by atoms with van der Waals surface area (Å²) in [5.74, 6) is 0. The van der Waals surface area contributed by atoms with Crippen LogP contribution in [-0.2, 0) is 0 Å². The van der Waals surface area contributed by atoms with Crippen LogP contribution in [-0.4, -0.2) is 32.0 Å². The van der Waals surface area contributed by atoms with Crippen LogP contribution in [0.1, 0.15) is 0 Å². The monoisotopic (exact) mass is 1900 g/mol. The standard InChI is InChI=1S/C48H29N3O.C48H31N3O.C42H26N2O/c1-2-12-30(13-3-1)49-44-27-23-31(50-41-18-8-4-14-33(41)34-15-5-9-19-42(34)50)28-40(44)36-24-22-32(29-45(36)49)51-43-20-10-6-16-35(43)38-25-26-39-37-17-7-11-21-46(37)52-48(39)47(38)51;1-4-14-32(15-5-1)49(33-16-6-2-7-17-33)35-24-29-45-42(30-35)39-26-27-40-38-21-11-13-23-46(38)52-48(40)47(39)51(45)36-25-28-44-41(31-36)37-20-10-12-22-43(37)50(44)34-18-8-3-9-19-34;1-2-10-29(11-3-1)43-37-15-7-5-13-32(37)36-26-28(20-25-39(36)43)27-18-21-30(22-19-27)44-38-16-8-4-12-31(38)34-23-24-35-33-14-6-9-17-40(33)45-42(35)41(34)44/h1-29H;1-31H;1-26H. The fraction of sp³-hybridized carbons (Fsp3) is 0. The van der Waals surface area contributed by atoms with Crippen molar-refractivity contribution in [2.45, 2.75) is 0 Å². The molecule has 33 rings (SSSR count). The number of benzene rings is 23. The van der Waals surface area contributed by atoms with E-state index in [4.69, 9.17) is 13.3 Å². The van der Waals surface area contributed by atoms with E-state index in [0.29, 0.717) is 0 Å². The largest absolute Gasteiger partial charge is 0.454 e. The number of fused-ring (bicyclic) bond motifs is 33. The van der Waals surface area contributed by atoms with Crippen LogP contribution < -0.4 is 4.90 Å². The van der Waals surface area contributed by atoms with Crippen molar-refractivity contribution in [3.63, 3.8) is 0 Å². The molecule has 0 N–H and O–H groups in total. The Hall–Kier alpha value is -20.1. The summed E-state index contributed by atoms with van der Waals surface area (Å²) in [6, 6.07) is 187. The quantitative estimate of drug-likeness (QED) is 0.129. The summed E-state index contributed by atoms with van der Waals surface area (Å²) < 4.78 is 36.7. The molecule has 0 radical (unpaired) electrons. The molecule has 0 amide bonds. The first-order valence-corrected chi connectivity index (χ1v) is 50.8. The van der Waals surface area contributed by atoms with Crippen LogP contribution in [0.2, 0.25) is 0 Å². The van der Waals surface area contributed by atoms with Gasteiger partial charge in [-0.1, -0.05) is 297 Å². The van der Waals surface area contributed by atoms with Gasteiger partial charge in [0.15, 0.2) is 16.7 Å². The zero-order valence-electron chi connectivity index (χ0n) is 80.5. The van der Waals surface area contributed by atoms with E-state index < -0.39 is 0 Å². The van der Waals surface area contributed by atoms with Crippen LogP contribution in [0.4, 0.5) is 17.1 Å². The molecule has 33 aromatic rings. The normalized spacial score (nSPS) is 12.0. The van der Waals surface area contributed by atoms with Gasteiger partial charge < -0.3 is 50.1 Å². The minimum atomic E-state index is 0.892. The van der Waals surface area contributed by atoms with E-state index in [9.17, 15) is 0 Å². The molecule has 0 atom stereocenters. The van der Waals surface area contributed by atoms with Crippen LogP contribution in [0.5, 0.6) is 0 Å². The van der Waals surface area contributed by atoms with Gasteiger partial charge in [-0.2, -0.15) is 0 Å². The summed E-state index contributed by atoms with van der Waals surface area (Å²) in [7, 11) is 0. The number of hydrogen-bond donors (Lipinski definition) is 0. The maximum absolute atomic E-state index is 6.76. The van der Waals surface area contributed by atoms with Gasteiger partial charge in [0.25, 0.3) is 0 Å². The van der Waals surface area contributed by atoms with Gasteiger partial charge in [-0.05, 0) is 236 Å². The number of furan rings is 3. The van der Waals surface area contributed by atoms with Gasteiger partial charge in [0.05, 0.1) is 77.2 Å². The zero-order chi connectivity index (χ0) is 97.6. The lowest BCUT2D eigenvalue weighted by Crippen LogP contribution is -2.09. The zero-order valence-corrected chi connectivity index (χ0v) is 80.5. The Bertz CT molecular complexity index is 11200. The van der Waals surface area contributed by atoms with Crippen molar-refractivity contribution in [1.29, 1.82) is 0 Å². The van der Waals surface area contributed by atoms with Crippen molar-refractivity contribution in [1.82, 2.24) is 32.0 Å². The molecular weight excluding hydrogens is 1820 g/mol. The van der Waals surface area contributed by atoms with E-state index in [-0.39, 0.29) is 0 Å². The van der Waals surface area contributed by atoms with E-state index in [1.807, 2.05) is 18.2 Å². The SMILES string of the molecule is c1ccc(-n2c3ccc(-n4c5ccccc5c5ccccc54)cc3c3ccc(-n4c5ccccc5c5ccc6c7ccccc7oc6c54)cc32)cc1.c1ccc(-n2c3ccccc3c3cc(-c4ccc(-n5c6ccccc6c6ccc7c8ccccc8oc7c65)cc4)ccc32)cc1.c1ccc(N(c2ccccc2)c2ccc3c(c2)c2ccc4c5ccccc5oc4c2n3-c2ccc3c(c2)c2ccccc2n3-c2ccccc2)cc1. The first-order chi connectivity index (χ1) is 74.0. The fourth-order valence-electron chi connectivity index (χ4n) is 24.4. The van der Waals surface area contributed by atoms with Crippen LogP contribution >= 0.6 is 0 Å². The van der Waals surface area contributed by atoms with Gasteiger partial charge in [0.1, 0.15) is 16.7 Å². The molecule has 0 unspecified atom stereocenters. The number of nitrogens with zero attached hydrogens (tertiary/aromatic N) is 8. The second-order valence-corrected chi connectivity index (χ2v) is 38.9. The topological polar surface area (TPSA) is 77.2 Å². The Morgan fingerprint density at radius 1 is 0.128 bits per heavy atom. The summed E-state index contributed by atoms with van der Waals surface area (Å²) in [5.41, 5.74) is 35.3. The van der Waals surface area contributed by atoms with Gasteiger partial charge in [0, 0.05) is 165 Å². The lowest BCUT2D eigenvalue weighted by Gasteiger charge is -2.25. The lowest BCUT2D eigenvalue weighted by molar-refractivity contribution is 0.670. The Morgan fingerprint density at radius 3 is 0.792 bits per heavy atom. The van der Waals surface area contributed by atoms with Crippen LogP contribution in [0.3, 0.4) is 0 Å². The maximum Gasteiger partial charge on any atom is 0.160 e. The third-order valence-corrected chi connectivity index (χ3v) is 30.8. The average Bonchev–Trinajstić information content (AvgIpc) is 1.55. The molecule has 0 aliphatic carbocycles. The summed E-state index contributed by atoms with van der Waals surface area (Å²) in [6.07, 6.45) is 0. The van der Waals surface area contributed by atoms with E-state index in [2.05, 4.69) is 540 Å². The second-order valence-electron chi connectivity index (χ2n) is 38.9. The molecule has 23 aromatic carbocycles. The number of rotatable bonds is 11. The number of anilines is 3. The van der Waals surface area contributed by atoms with Gasteiger partial charge in [-0.3, -0.25) is 0 Å². The Labute approximate surface area is 852 Å². The van der Waals surface area contributed by atoms with E-state index >= 15 is 0 Å². The minimum Gasteiger partial charge on any atom is -0.454 e. The smallest absolute Gasteiger partial charge is 0.160 e. The molecule has 0 bridgehead atoms. The lowest BCUT2D eigenvalue weighted by atomic mass is 10.0. The molecule has 10 aromatic heterocycles. The average molecular weight is 1900 g/mol. The molecule has 11 nitrogen and oxygen atoms in total. The number of hydrogen-bond acceptors (Lipinski definition) is 4. The van der Waals surface area contributed by atoms with Crippen molar-refractivity contribution in [2.75, 3.05) is 4.90 Å². The molecule has 0 aliphatic rings. The van der Waals surface area contributed by atoms with Gasteiger partial charge >= 0.3 is 0 Å². The first-order valence-electron chi connectivity index (χ1n) is 50.8. The van der Waals surface area contributed by atoms with Crippen LogP contribution in [0.25, 0.3) is 269 Å². The third-order valence-electron chi connectivity index (χ3n) is 30.8. The highest BCUT2D eigenvalue weighted by Gasteiger charge is 2.28. The summed E-state index contributed by atoms with van der Waals surface area (Å²) >= 11 is 0. The van der Waals surface area contributed by atoms with Crippen molar-refractivity contribution >= 4 is 236 Å². The number of para-hydroxylation sites is 14. The molecule has 0 saturated heterocycles. The first kappa shape index (κ1) is 83.5. The van der Waals surface area contributed by atoms with Crippen molar-refractivity contribution in [3.05, 3.63) is 522 Å². The van der Waals surface area contributed by atoms with E-state index in [1.165, 1.54) is 131 Å². The highest BCUT2D eigenvalue weighted by molar-refractivity contribution is 6.26. The predicted molar refractivity (Wildman–Crippen MR) is 622 cm³/mol. The van der Waals surface area contributed by atoms with Gasteiger partial charge in [-0.15, -0.1) is 0 Å². The highest BCUT2D eigenvalue weighted by Crippen LogP contribution is 2.50. The second kappa shape index (κ2) is 33.2. The highest BCUT2D eigenvalue weighted by atomic mass is 16.3. The Balaban J connectivity index is 0.000000101. The van der Waals surface area contributed by atoms with Crippen LogP contribution in [0, 0.1) is 0 Å². The Kier molecular flexibility index (Phi) is 18.6. The summed E-state index contributed by atoms with van der Waals surface area (Å²) in [4.78, 5) is 2.33. The Morgan fingerprint density at radius 2 is 0.369 bits per heavy atom. The van der Waals surface area contributed by atoms with Crippen molar-refractivity contribution in [2.24, 2.45) is 0 Å². The molecule has 149 heavy (non-hydrogen) atoms. The molecule has 0 saturated carbocycles. The molecular formula is C138H86N8O3. The molecule has 0 spiro atoms. The van der Waals surface area contributed by atoms with Gasteiger partial charge in [0.2, 0.25) is 0 Å². The maximum atomic E-state index is 6.76. The van der Waals surface area contributed by atoms with Gasteiger partial charge in [-0.25, -0.2) is 0 Å². The van der Waals surface area contributed by atoms with Crippen molar-refractivity contribution < 1.29 is 13.3 Å². The predicted octanol–water partition coefficient (Wildman–Crippen LogP) is 37.6. The minimum absolute atomic E-state index is 0.892. The van der Waals surface area contributed by atoms with E-state index in [0.717, 1.165) is 155 Å². The third kappa shape index (κ3) is 12.9. The molecule has 696 valence electrons. The molecule has 0 fully saturated rings. The fourth-order valence-corrected chi connectivity index (χ4v) is 24.4. The molecule has 10 heterocycles. The number of aromatic nitrogens is 7. The summed E-state index contributed by atoms with van der Waals surface area (Å²) in [6.45, 7) is 0. The van der Waals surface area contributed by atoms with Crippen LogP contribution in [0.15, 0.2) is 535 Å². The summed E-state index contributed by atoms with van der Waals surface area (Å²) in [5, 5.41) is 23.8. The van der Waals surface area contributed by atoms with Crippen molar-refractivity contribution in [3.8, 4) is 50.9 Å². The molecule has 0 aliphatic heterocycles. The van der Waals surface area contributed by atoms with E-state index in [1.54, 1.807) is 0 Å².